The molecule has 1 aliphatic rings. The summed E-state index contributed by atoms with van der Waals surface area (Å²) >= 11 is 7.26. The third-order valence-electron chi connectivity index (χ3n) is 4.92. The smallest absolute Gasteiger partial charge is 0.301 e. The van der Waals surface area contributed by atoms with Gasteiger partial charge in [-0.1, -0.05) is 23.7 Å². The molecule has 2 aromatic carbocycles. The molecule has 1 saturated heterocycles. The summed E-state index contributed by atoms with van der Waals surface area (Å²) in [5.74, 6) is -1.10. The number of halogens is 1. The minimum atomic E-state index is -0.823. The highest BCUT2D eigenvalue weighted by molar-refractivity contribution is 7.14. The normalized spacial score (nSPS) is 18.1. The van der Waals surface area contributed by atoms with Crippen LogP contribution in [0.1, 0.15) is 22.7 Å². The number of ketones is 1. The second kappa shape index (κ2) is 7.93. The number of hydrogen-bond acceptors (Lipinski definition) is 6. The van der Waals surface area contributed by atoms with Crippen molar-refractivity contribution in [1.29, 1.82) is 0 Å². The van der Waals surface area contributed by atoms with Crippen LogP contribution in [-0.2, 0) is 9.59 Å². The molecule has 1 aromatic heterocycles. The van der Waals surface area contributed by atoms with E-state index in [1.165, 1.54) is 16.2 Å². The summed E-state index contributed by atoms with van der Waals surface area (Å²) in [5.41, 5.74) is 1.85. The van der Waals surface area contributed by atoms with Gasteiger partial charge in [-0.05, 0) is 48.4 Å². The maximum atomic E-state index is 13.0. The highest BCUT2D eigenvalue weighted by atomic mass is 35.5. The van der Waals surface area contributed by atoms with Crippen LogP contribution in [0.4, 0.5) is 5.13 Å². The zero-order chi connectivity index (χ0) is 21.4. The van der Waals surface area contributed by atoms with Crippen molar-refractivity contribution in [3.63, 3.8) is 0 Å². The van der Waals surface area contributed by atoms with E-state index in [0.717, 1.165) is 5.56 Å². The van der Waals surface area contributed by atoms with Crippen molar-refractivity contribution in [2.24, 2.45) is 0 Å². The quantitative estimate of drug-likeness (QED) is 0.360. The molecule has 152 valence electrons. The highest BCUT2D eigenvalue weighted by Gasteiger charge is 2.47. The van der Waals surface area contributed by atoms with Gasteiger partial charge in [0.1, 0.15) is 11.5 Å². The Kier molecular flexibility index (Phi) is 5.32. The van der Waals surface area contributed by atoms with Gasteiger partial charge in [-0.15, -0.1) is 11.3 Å². The Labute approximate surface area is 182 Å². The largest absolute Gasteiger partial charge is 0.507 e. The number of ether oxygens (including phenoxy) is 1. The lowest BCUT2D eigenvalue weighted by Gasteiger charge is -2.23. The molecule has 1 aliphatic heterocycles. The van der Waals surface area contributed by atoms with E-state index in [1.807, 2.05) is 6.92 Å². The predicted octanol–water partition coefficient (Wildman–Crippen LogP) is 4.74. The minimum absolute atomic E-state index is 0.00193. The van der Waals surface area contributed by atoms with Crippen LogP contribution in [0, 0.1) is 6.92 Å². The van der Waals surface area contributed by atoms with Crippen molar-refractivity contribution in [2.75, 3.05) is 12.0 Å². The number of methoxy groups -OCH3 is 1. The van der Waals surface area contributed by atoms with Crippen LogP contribution in [0.5, 0.6) is 5.75 Å². The number of carbonyl (C=O) groups excluding carboxylic acids is 2. The molecule has 4 rings (SSSR count). The van der Waals surface area contributed by atoms with Crippen LogP contribution in [0.25, 0.3) is 5.76 Å². The van der Waals surface area contributed by atoms with Gasteiger partial charge in [0.15, 0.2) is 5.13 Å². The topological polar surface area (TPSA) is 79.7 Å². The standard InChI is InChI=1S/C22H17ClN2O4S/c1-12-11-14(5-8-16(12)29-2)19(26)17-18(13-3-6-15(23)7-4-13)25(21(28)20(17)27)22-24-9-10-30-22/h3-11,18,26H,1-2H3/b19-17+/t18-/m0/s1. The van der Waals surface area contributed by atoms with E-state index in [9.17, 15) is 14.7 Å². The Balaban J connectivity index is 1.92. The number of aryl methyl sites for hydroxylation is 1. The van der Waals surface area contributed by atoms with Gasteiger partial charge < -0.3 is 9.84 Å². The lowest BCUT2D eigenvalue weighted by atomic mass is 9.95. The maximum absolute atomic E-state index is 13.0. The van der Waals surface area contributed by atoms with Gasteiger partial charge in [-0.2, -0.15) is 0 Å². The molecule has 1 N–H and O–H groups in total. The Morgan fingerprint density at radius 2 is 1.93 bits per heavy atom. The number of nitrogens with zero attached hydrogens (tertiary/aromatic N) is 2. The predicted molar refractivity (Wildman–Crippen MR) is 116 cm³/mol. The van der Waals surface area contributed by atoms with E-state index in [2.05, 4.69) is 4.98 Å². The van der Waals surface area contributed by atoms with Crippen molar-refractivity contribution in [2.45, 2.75) is 13.0 Å². The van der Waals surface area contributed by atoms with Gasteiger partial charge in [-0.3, -0.25) is 14.5 Å². The summed E-state index contributed by atoms with van der Waals surface area (Å²) in [7, 11) is 1.56. The fourth-order valence-corrected chi connectivity index (χ4v) is 4.30. The number of thiazole rings is 1. The molecule has 8 heteroatoms. The summed E-state index contributed by atoms with van der Waals surface area (Å²) in [4.78, 5) is 31.4. The number of Topliss-reactive ketones (excluding diaryl/α,β-unsaturated/α-hetero) is 1. The monoisotopic (exact) mass is 440 g/mol. The van der Waals surface area contributed by atoms with Gasteiger partial charge in [0.25, 0.3) is 5.78 Å². The molecule has 0 aliphatic carbocycles. The Morgan fingerprint density at radius 1 is 1.20 bits per heavy atom. The van der Waals surface area contributed by atoms with Crippen molar-refractivity contribution in [1.82, 2.24) is 4.98 Å². The first-order valence-electron chi connectivity index (χ1n) is 9.03. The highest BCUT2D eigenvalue weighted by Crippen LogP contribution is 2.43. The zero-order valence-corrected chi connectivity index (χ0v) is 17.7. The van der Waals surface area contributed by atoms with E-state index in [4.69, 9.17) is 16.3 Å². The van der Waals surface area contributed by atoms with Gasteiger partial charge in [-0.25, -0.2) is 4.98 Å². The number of aliphatic hydroxyl groups excluding tert-OH is 1. The molecular weight excluding hydrogens is 424 g/mol. The second-order valence-electron chi connectivity index (χ2n) is 6.72. The van der Waals surface area contributed by atoms with E-state index in [-0.39, 0.29) is 11.3 Å². The Hall–Kier alpha value is -3.16. The van der Waals surface area contributed by atoms with Gasteiger partial charge in [0.05, 0.1) is 18.7 Å². The molecule has 1 atom stereocenters. The number of rotatable bonds is 4. The lowest BCUT2D eigenvalue weighted by molar-refractivity contribution is -0.132. The summed E-state index contributed by atoms with van der Waals surface area (Å²) in [6, 6.07) is 11.1. The number of hydrogen-bond donors (Lipinski definition) is 1. The third kappa shape index (κ3) is 3.36. The molecule has 30 heavy (non-hydrogen) atoms. The molecule has 0 radical (unpaired) electrons. The van der Waals surface area contributed by atoms with Gasteiger partial charge >= 0.3 is 5.91 Å². The molecule has 0 bridgehead atoms. The van der Waals surface area contributed by atoms with Crippen molar-refractivity contribution in [3.05, 3.63) is 81.3 Å². The molecule has 0 saturated carbocycles. The molecule has 3 aromatic rings. The fourth-order valence-electron chi connectivity index (χ4n) is 3.51. The van der Waals surface area contributed by atoms with Crippen LogP contribution < -0.4 is 9.64 Å². The van der Waals surface area contributed by atoms with Crippen molar-refractivity contribution >= 4 is 45.5 Å². The van der Waals surface area contributed by atoms with Crippen LogP contribution >= 0.6 is 22.9 Å². The van der Waals surface area contributed by atoms with Gasteiger partial charge in [0.2, 0.25) is 0 Å². The number of anilines is 1. The van der Waals surface area contributed by atoms with Crippen LogP contribution in [0.3, 0.4) is 0 Å². The number of amides is 1. The number of benzene rings is 2. The van der Waals surface area contributed by atoms with E-state index in [1.54, 1.807) is 61.2 Å². The third-order valence-corrected chi connectivity index (χ3v) is 5.95. The van der Waals surface area contributed by atoms with E-state index in [0.29, 0.717) is 27.0 Å². The van der Waals surface area contributed by atoms with E-state index < -0.39 is 17.7 Å². The summed E-state index contributed by atoms with van der Waals surface area (Å²) in [6.45, 7) is 1.83. The average Bonchev–Trinajstić information content (AvgIpc) is 3.35. The first kappa shape index (κ1) is 20.1. The number of aromatic nitrogens is 1. The molecule has 1 amide bonds. The second-order valence-corrected chi connectivity index (χ2v) is 8.03. The first-order valence-corrected chi connectivity index (χ1v) is 10.3. The Bertz CT molecular complexity index is 1160. The molecular formula is C22H17ClN2O4S. The summed E-state index contributed by atoms with van der Waals surface area (Å²) in [6.07, 6.45) is 1.56. The van der Waals surface area contributed by atoms with Crippen LogP contribution in [0.15, 0.2) is 59.6 Å². The number of aliphatic hydroxyl groups is 1. The molecule has 6 nitrogen and oxygen atoms in total. The van der Waals surface area contributed by atoms with Crippen molar-refractivity contribution in [3.8, 4) is 5.75 Å². The summed E-state index contributed by atoms with van der Waals surface area (Å²) < 4.78 is 5.26. The molecule has 0 unspecified atom stereocenters. The van der Waals surface area contributed by atoms with Crippen LogP contribution in [-0.4, -0.2) is 28.9 Å². The minimum Gasteiger partial charge on any atom is -0.507 e. The van der Waals surface area contributed by atoms with Gasteiger partial charge in [0, 0.05) is 22.2 Å². The fraction of sp³-hybridized carbons (Fsp3) is 0.136. The lowest BCUT2D eigenvalue weighted by Crippen LogP contribution is -2.29. The maximum Gasteiger partial charge on any atom is 0.301 e. The summed E-state index contributed by atoms with van der Waals surface area (Å²) in [5, 5.41) is 13.7. The average molecular weight is 441 g/mol. The molecule has 2 heterocycles. The first-order chi connectivity index (χ1) is 14.4. The number of carbonyl (C=O) groups is 2. The molecule has 0 spiro atoms. The zero-order valence-electron chi connectivity index (χ0n) is 16.1. The van der Waals surface area contributed by atoms with Crippen molar-refractivity contribution < 1.29 is 19.4 Å². The Morgan fingerprint density at radius 3 is 2.53 bits per heavy atom. The van der Waals surface area contributed by atoms with E-state index >= 15 is 0 Å². The molecule has 1 fully saturated rings. The van der Waals surface area contributed by atoms with Crippen LogP contribution in [0.2, 0.25) is 5.02 Å². The SMILES string of the molecule is COc1ccc(/C(O)=C2\C(=O)C(=O)N(c3nccs3)[C@H]2c2ccc(Cl)cc2)cc1C.